The molecular formula is C23H17Cl2N3O7. The van der Waals surface area contributed by atoms with Crippen molar-refractivity contribution in [3.05, 3.63) is 74.8 Å². The van der Waals surface area contributed by atoms with Crippen LogP contribution in [-0.4, -0.2) is 47.5 Å². The zero-order valence-corrected chi connectivity index (χ0v) is 19.4. The Bertz CT molecular complexity index is 1280. The van der Waals surface area contributed by atoms with Gasteiger partial charge in [-0.3, -0.25) is 24.5 Å². The number of hydrogen-bond acceptors (Lipinski definition) is 7. The van der Waals surface area contributed by atoms with E-state index in [0.717, 1.165) is 4.90 Å². The molecule has 2 saturated heterocycles. The predicted octanol–water partition coefficient (Wildman–Crippen LogP) is 2.91. The maximum absolute atomic E-state index is 13.3. The fourth-order valence-electron chi connectivity index (χ4n) is 4.71. The molecule has 35 heavy (non-hydrogen) atoms. The van der Waals surface area contributed by atoms with E-state index < -0.39 is 46.2 Å². The van der Waals surface area contributed by atoms with Crippen LogP contribution >= 0.6 is 23.2 Å². The lowest BCUT2D eigenvalue weighted by atomic mass is 9.77. The van der Waals surface area contributed by atoms with Gasteiger partial charge in [0.25, 0.3) is 11.6 Å². The number of hydrogen-bond donors (Lipinski definition) is 1. The van der Waals surface area contributed by atoms with Crippen LogP contribution in [0.25, 0.3) is 0 Å². The number of rotatable bonds is 7. The number of fused-ring (bicyclic) bond motifs is 5. The number of carbonyl (C=O) groups excluding carboxylic acids is 3. The molecule has 0 spiro atoms. The fraction of sp³-hybridized carbons (Fsp3) is 0.261. The third-order valence-electron chi connectivity index (χ3n) is 6.29. The highest BCUT2D eigenvalue weighted by atomic mass is 35.5. The van der Waals surface area contributed by atoms with Crippen LogP contribution < -0.4 is 15.0 Å². The summed E-state index contributed by atoms with van der Waals surface area (Å²) < 4.78 is 11.4. The largest absolute Gasteiger partial charge is 0.482 e. The van der Waals surface area contributed by atoms with Crippen molar-refractivity contribution in [3.8, 4) is 5.75 Å². The minimum Gasteiger partial charge on any atom is -0.482 e. The molecule has 0 unspecified atom stereocenters. The van der Waals surface area contributed by atoms with E-state index in [4.69, 9.17) is 32.7 Å². The Kier molecular flexibility index (Phi) is 5.74. The molecular weight excluding hydrogens is 501 g/mol. The molecule has 2 aromatic rings. The number of carbonyl (C=O) groups is 3. The van der Waals surface area contributed by atoms with Gasteiger partial charge in [-0.25, -0.2) is 4.90 Å². The predicted molar refractivity (Wildman–Crippen MR) is 124 cm³/mol. The van der Waals surface area contributed by atoms with Crippen LogP contribution in [0.2, 0.25) is 10.0 Å². The second kappa shape index (κ2) is 8.63. The number of non-ortho nitro benzene ring substituents is 1. The van der Waals surface area contributed by atoms with E-state index in [-0.39, 0.29) is 35.3 Å². The van der Waals surface area contributed by atoms with Crippen molar-refractivity contribution in [2.45, 2.75) is 11.7 Å². The second-order valence-corrected chi connectivity index (χ2v) is 9.17. The number of ether oxygens (including phenoxy) is 2. The number of nitro benzene ring substituents is 1. The summed E-state index contributed by atoms with van der Waals surface area (Å²) in [6, 6.07) is 9.80. The average molecular weight is 518 g/mol. The third kappa shape index (κ3) is 3.93. The Hall–Kier alpha value is -3.47. The smallest absolute Gasteiger partial charge is 0.269 e. The maximum Gasteiger partial charge on any atom is 0.269 e. The highest BCUT2D eigenvalue weighted by Gasteiger charge is 2.67. The number of anilines is 1. The molecule has 0 aromatic heterocycles. The van der Waals surface area contributed by atoms with E-state index in [0.29, 0.717) is 5.02 Å². The van der Waals surface area contributed by atoms with Gasteiger partial charge < -0.3 is 14.8 Å². The van der Waals surface area contributed by atoms with Crippen LogP contribution in [0, 0.1) is 22.0 Å². The number of nitrogens with zero attached hydrogens (tertiary/aromatic N) is 2. The molecule has 0 aliphatic carbocycles. The molecule has 3 aliphatic heterocycles. The molecule has 5 rings (SSSR count). The molecule has 0 radical (unpaired) electrons. The molecule has 10 nitrogen and oxygen atoms in total. The van der Waals surface area contributed by atoms with Crippen LogP contribution in [0.15, 0.2) is 54.6 Å². The fourth-order valence-corrected chi connectivity index (χ4v) is 5.17. The number of amides is 3. The minimum absolute atomic E-state index is 0.0508. The third-order valence-corrected chi connectivity index (χ3v) is 6.82. The SMILES string of the molecule is O=C(COc1ccc(Cl)cc1Cl)NC[C@@]12C=C[C@H](O1)[C@@H]1C(=O)N(c3ccc([N+](=O)[O-])cc3)C(=O)[C@H]12. The van der Waals surface area contributed by atoms with Crippen LogP contribution in [0.4, 0.5) is 11.4 Å². The Morgan fingerprint density at radius 2 is 1.91 bits per heavy atom. The number of nitrogens with one attached hydrogen (secondary N) is 1. The normalized spacial score (nSPS) is 26.2. The van der Waals surface area contributed by atoms with Gasteiger partial charge in [0, 0.05) is 17.2 Å². The number of nitro groups is 1. The Morgan fingerprint density at radius 3 is 2.60 bits per heavy atom. The molecule has 3 amide bonds. The van der Waals surface area contributed by atoms with E-state index in [1.165, 1.54) is 30.3 Å². The first-order valence-corrected chi connectivity index (χ1v) is 11.3. The van der Waals surface area contributed by atoms with Gasteiger partial charge in [-0.15, -0.1) is 0 Å². The number of imide groups is 1. The standard InChI is InChI=1S/C23H17Cl2N3O7/c24-12-1-6-16(15(25)9-12)34-10-18(29)26-11-23-8-7-17(35-23)19-20(23)22(31)27(21(19)30)13-2-4-14(5-3-13)28(32)33/h1-9,17,19-20H,10-11H2,(H,26,29)/t17-,19-,20-,23+/m0/s1. The summed E-state index contributed by atoms with van der Waals surface area (Å²) in [6.45, 7) is -0.384. The van der Waals surface area contributed by atoms with Crippen molar-refractivity contribution in [3.63, 3.8) is 0 Å². The summed E-state index contributed by atoms with van der Waals surface area (Å²) in [7, 11) is 0. The summed E-state index contributed by atoms with van der Waals surface area (Å²) in [5, 5.41) is 14.3. The van der Waals surface area contributed by atoms with Gasteiger partial charge in [0.05, 0.1) is 40.1 Å². The van der Waals surface area contributed by atoms with Gasteiger partial charge >= 0.3 is 0 Å². The molecule has 4 atom stereocenters. The van der Waals surface area contributed by atoms with Crippen LogP contribution in [-0.2, 0) is 19.1 Å². The molecule has 180 valence electrons. The van der Waals surface area contributed by atoms with E-state index in [1.807, 2.05) is 0 Å². The number of halogens is 2. The van der Waals surface area contributed by atoms with Crippen molar-refractivity contribution in [1.29, 1.82) is 0 Å². The lowest BCUT2D eigenvalue weighted by molar-refractivity contribution is -0.384. The van der Waals surface area contributed by atoms with E-state index >= 15 is 0 Å². The molecule has 3 aliphatic rings. The first kappa shape index (κ1) is 23.3. The van der Waals surface area contributed by atoms with Crippen LogP contribution in [0.3, 0.4) is 0 Å². The van der Waals surface area contributed by atoms with E-state index in [1.54, 1.807) is 24.3 Å². The quantitative estimate of drug-likeness (QED) is 0.258. The maximum atomic E-state index is 13.3. The molecule has 3 heterocycles. The Balaban J connectivity index is 1.28. The summed E-state index contributed by atoms with van der Waals surface area (Å²) in [5.74, 6) is -2.71. The summed E-state index contributed by atoms with van der Waals surface area (Å²) in [5.41, 5.74) is -1.10. The van der Waals surface area contributed by atoms with Gasteiger partial charge in [0.15, 0.2) is 6.61 Å². The minimum atomic E-state index is -1.19. The number of benzene rings is 2. The summed E-state index contributed by atoms with van der Waals surface area (Å²) in [4.78, 5) is 50.3. The highest BCUT2D eigenvalue weighted by molar-refractivity contribution is 6.35. The van der Waals surface area contributed by atoms with Crippen molar-refractivity contribution in [2.24, 2.45) is 11.8 Å². The van der Waals surface area contributed by atoms with Gasteiger partial charge in [0.1, 0.15) is 11.4 Å². The van der Waals surface area contributed by atoms with Crippen molar-refractivity contribution in [2.75, 3.05) is 18.1 Å². The van der Waals surface area contributed by atoms with E-state index in [2.05, 4.69) is 5.32 Å². The summed E-state index contributed by atoms with van der Waals surface area (Å²) in [6.07, 6.45) is 2.79. The Morgan fingerprint density at radius 1 is 1.17 bits per heavy atom. The second-order valence-electron chi connectivity index (χ2n) is 8.33. The van der Waals surface area contributed by atoms with Crippen molar-refractivity contribution >= 4 is 52.3 Å². The molecule has 0 saturated carbocycles. The molecule has 12 heteroatoms. The Labute approximate surface area is 208 Å². The van der Waals surface area contributed by atoms with Crippen LogP contribution in [0.5, 0.6) is 5.75 Å². The zero-order valence-electron chi connectivity index (χ0n) is 17.9. The van der Waals surface area contributed by atoms with Crippen LogP contribution in [0.1, 0.15) is 0 Å². The lowest BCUT2D eigenvalue weighted by Gasteiger charge is -2.29. The molecule has 2 fully saturated rings. The van der Waals surface area contributed by atoms with Crippen molar-refractivity contribution < 1.29 is 28.8 Å². The molecule has 2 aromatic carbocycles. The first-order chi connectivity index (χ1) is 16.7. The summed E-state index contributed by atoms with van der Waals surface area (Å²) >= 11 is 11.9. The van der Waals surface area contributed by atoms with Crippen molar-refractivity contribution in [1.82, 2.24) is 5.32 Å². The average Bonchev–Trinajstić information content (AvgIpc) is 3.47. The molecule has 2 bridgehead atoms. The molecule has 1 N–H and O–H groups in total. The first-order valence-electron chi connectivity index (χ1n) is 10.5. The monoisotopic (exact) mass is 517 g/mol. The van der Waals surface area contributed by atoms with Gasteiger partial charge in [-0.2, -0.15) is 0 Å². The zero-order chi connectivity index (χ0) is 24.9. The van der Waals surface area contributed by atoms with Gasteiger partial charge in [-0.05, 0) is 30.3 Å². The van der Waals surface area contributed by atoms with E-state index in [9.17, 15) is 24.5 Å². The van der Waals surface area contributed by atoms with Gasteiger partial charge in [-0.1, -0.05) is 35.4 Å². The highest BCUT2D eigenvalue weighted by Crippen LogP contribution is 2.52. The lowest BCUT2D eigenvalue weighted by Crippen LogP contribution is -2.49. The van der Waals surface area contributed by atoms with Gasteiger partial charge in [0.2, 0.25) is 11.8 Å². The topological polar surface area (TPSA) is 128 Å².